The Morgan fingerprint density at radius 2 is 1.78 bits per heavy atom. The van der Waals surface area contributed by atoms with Gasteiger partial charge in [0.15, 0.2) is 0 Å². The van der Waals surface area contributed by atoms with E-state index in [0.29, 0.717) is 24.5 Å². The first-order chi connectivity index (χ1) is 16.8. The van der Waals surface area contributed by atoms with Crippen LogP contribution in [0.4, 0.5) is 11.4 Å². The Hall–Kier alpha value is -3.26. The van der Waals surface area contributed by atoms with Crippen LogP contribution in [0.5, 0.6) is 0 Å². The first kappa shape index (κ1) is 25.8. The molecule has 0 aromatic heterocycles. The monoisotopic (exact) mass is 511 g/mol. The number of amides is 1. The maximum absolute atomic E-state index is 13.7. The number of nitrogens with one attached hydrogen (secondary N) is 1. The predicted octanol–water partition coefficient (Wildman–Crippen LogP) is 6.74. The molecule has 190 valence electrons. The fraction of sp³-hybridized carbons (Fsp3) is 0.444. The van der Waals surface area contributed by atoms with Gasteiger partial charge in [-0.1, -0.05) is 63.5 Å². The number of nitro benzene ring substituents is 1. The van der Waals surface area contributed by atoms with Crippen LogP contribution in [0.2, 0.25) is 5.02 Å². The lowest BCUT2D eigenvalue weighted by Gasteiger charge is -2.39. The summed E-state index contributed by atoms with van der Waals surface area (Å²) in [7, 11) is 0. The van der Waals surface area contributed by atoms with E-state index in [0.717, 1.165) is 18.2 Å². The second-order valence-corrected chi connectivity index (χ2v) is 11.2. The molecule has 0 saturated heterocycles. The highest BCUT2D eigenvalue weighted by atomic mass is 35.5. The van der Waals surface area contributed by atoms with Crippen molar-refractivity contribution in [3.8, 4) is 0 Å². The van der Waals surface area contributed by atoms with E-state index in [1.54, 1.807) is 0 Å². The summed E-state index contributed by atoms with van der Waals surface area (Å²) in [6.07, 6.45) is 1.78. The van der Waals surface area contributed by atoms with Crippen LogP contribution in [-0.2, 0) is 9.63 Å². The van der Waals surface area contributed by atoms with E-state index in [9.17, 15) is 19.7 Å². The minimum absolute atomic E-state index is 0.0275. The molecule has 2 saturated carbocycles. The number of hydrogen-bond acceptors (Lipinski definition) is 6. The van der Waals surface area contributed by atoms with Crippen molar-refractivity contribution in [2.24, 2.45) is 21.4 Å². The molecule has 2 fully saturated rings. The molecule has 0 radical (unpaired) electrons. The number of carbonyl (C=O) groups excluding carboxylic acids is 2. The minimum Gasteiger partial charge on any atom is -0.326 e. The van der Waals surface area contributed by atoms with Gasteiger partial charge in [0, 0.05) is 23.6 Å². The van der Waals surface area contributed by atoms with Crippen LogP contribution in [0, 0.1) is 26.4 Å². The van der Waals surface area contributed by atoms with Crippen LogP contribution < -0.4 is 5.32 Å². The maximum Gasteiger partial charge on any atom is 0.365 e. The summed E-state index contributed by atoms with van der Waals surface area (Å²) < 4.78 is 0. The molecule has 2 aliphatic rings. The first-order valence-electron chi connectivity index (χ1n) is 12.0. The van der Waals surface area contributed by atoms with Crippen LogP contribution in [0.25, 0.3) is 0 Å². The lowest BCUT2D eigenvalue weighted by atomic mass is 9.64. The lowest BCUT2D eigenvalue weighted by molar-refractivity contribution is -0.384. The standard InChI is InChI=1S/C27H30ClN3O5/c1-16(2)17-6-9-19(10-7-17)29-24(33)27-13-12-26(5,25(27,3)4)22(15-27)30-36-23(32)18-8-11-20(28)21(14-18)31(34)35/h6-11,14,16H,12-13,15H2,1-5H3,(H,29,33). The van der Waals surface area contributed by atoms with Gasteiger partial charge in [-0.3, -0.25) is 14.9 Å². The summed E-state index contributed by atoms with van der Waals surface area (Å²) in [5, 5.41) is 18.4. The van der Waals surface area contributed by atoms with Crippen molar-refractivity contribution in [3.63, 3.8) is 0 Å². The topological polar surface area (TPSA) is 111 Å². The zero-order valence-electron chi connectivity index (χ0n) is 21.1. The SMILES string of the molecule is CC(C)c1ccc(NC(=O)C23CCC(C)(C(=NOC(=O)c4ccc(Cl)c([N+](=O)[O-])c4)C2)C3(C)C)cc1. The van der Waals surface area contributed by atoms with Gasteiger partial charge < -0.3 is 10.2 Å². The third-order valence-corrected chi connectivity index (χ3v) is 8.94. The van der Waals surface area contributed by atoms with Crippen molar-refractivity contribution < 1.29 is 19.3 Å². The van der Waals surface area contributed by atoms with Crippen molar-refractivity contribution >= 4 is 40.6 Å². The summed E-state index contributed by atoms with van der Waals surface area (Å²) in [4.78, 5) is 42.0. The molecule has 0 aliphatic heterocycles. The Kier molecular flexibility index (Phi) is 6.45. The van der Waals surface area contributed by atoms with Gasteiger partial charge in [0.25, 0.3) is 5.69 Å². The van der Waals surface area contributed by atoms with E-state index in [1.165, 1.54) is 17.7 Å². The average molecular weight is 512 g/mol. The van der Waals surface area contributed by atoms with Crippen LogP contribution in [-0.4, -0.2) is 22.5 Å². The fourth-order valence-corrected chi connectivity index (χ4v) is 5.84. The van der Waals surface area contributed by atoms with Gasteiger partial charge in [0.1, 0.15) is 5.02 Å². The Morgan fingerprint density at radius 3 is 2.39 bits per heavy atom. The van der Waals surface area contributed by atoms with Gasteiger partial charge in [-0.2, -0.15) is 0 Å². The number of carbonyl (C=O) groups is 2. The molecule has 8 nitrogen and oxygen atoms in total. The van der Waals surface area contributed by atoms with E-state index in [-0.39, 0.29) is 22.2 Å². The largest absolute Gasteiger partial charge is 0.365 e. The highest BCUT2D eigenvalue weighted by molar-refractivity contribution is 6.32. The molecule has 36 heavy (non-hydrogen) atoms. The highest BCUT2D eigenvalue weighted by Gasteiger charge is 2.71. The van der Waals surface area contributed by atoms with Gasteiger partial charge in [-0.05, 0) is 54.0 Å². The summed E-state index contributed by atoms with van der Waals surface area (Å²) >= 11 is 5.83. The quantitative estimate of drug-likeness (QED) is 0.262. The Balaban J connectivity index is 1.56. The third kappa shape index (κ3) is 3.97. The number of fused-ring (bicyclic) bond motifs is 2. The van der Waals surface area contributed by atoms with Crippen molar-refractivity contribution in [1.82, 2.24) is 0 Å². The molecule has 0 spiro atoms. The van der Waals surface area contributed by atoms with Crippen LogP contribution in [0.15, 0.2) is 47.6 Å². The van der Waals surface area contributed by atoms with Gasteiger partial charge >= 0.3 is 5.97 Å². The number of nitrogens with zero attached hydrogens (tertiary/aromatic N) is 2. The van der Waals surface area contributed by atoms with Crippen molar-refractivity contribution in [2.75, 3.05) is 5.32 Å². The number of anilines is 1. The molecular formula is C27H30ClN3O5. The zero-order valence-corrected chi connectivity index (χ0v) is 21.8. The lowest BCUT2D eigenvalue weighted by Crippen LogP contribution is -2.43. The van der Waals surface area contributed by atoms with E-state index < -0.39 is 27.1 Å². The molecule has 1 amide bonds. The second kappa shape index (κ2) is 9.00. The summed E-state index contributed by atoms with van der Waals surface area (Å²) in [6.45, 7) is 10.4. The molecule has 2 bridgehead atoms. The van der Waals surface area contributed by atoms with Crippen molar-refractivity contribution in [3.05, 3.63) is 68.7 Å². The van der Waals surface area contributed by atoms with Crippen LogP contribution in [0.1, 0.15) is 75.7 Å². The molecule has 0 heterocycles. The van der Waals surface area contributed by atoms with E-state index in [4.69, 9.17) is 16.4 Å². The average Bonchev–Trinajstić information content (AvgIpc) is 3.13. The number of oxime groups is 1. The van der Waals surface area contributed by atoms with Gasteiger partial charge in [-0.25, -0.2) is 4.79 Å². The molecule has 1 N–H and O–H groups in total. The third-order valence-electron chi connectivity index (χ3n) is 8.62. The minimum atomic E-state index is -0.824. The highest BCUT2D eigenvalue weighted by Crippen LogP contribution is 2.71. The molecule has 9 heteroatoms. The summed E-state index contributed by atoms with van der Waals surface area (Å²) in [5.74, 6) is -0.494. The van der Waals surface area contributed by atoms with Gasteiger partial charge in [0.2, 0.25) is 5.91 Å². The molecule has 4 rings (SSSR count). The fourth-order valence-electron chi connectivity index (χ4n) is 5.65. The summed E-state index contributed by atoms with van der Waals surface area (Å²) in [6, 6.07) is 11.6. The number of hydrogen-bond donors (Lipinski definition) is 1. The number of nitro groups is 1. The smallest absolute Gasteiger partial charge is 0.326 e. The molecular weight excluding hydrogens is 482 g/mol. The predicted molar refractivity (Wildman–Crippen MR) is 138 cm³/mol. The van der Waals surface area contributed by atoms with E-state index >= 15 is 0 Å². The molecule has 2 aromatic carbocycles. The Morgan fingerprint density at radius 1 is 1.11 bits per heavy atom. The van der Waals surface area contributed by atoms with Gasteiger partial charge in [0.05, 0.1) is 21.6 Å². The Bertz CT molecular complexity index is 1270. The van der Waals surface area contributed by atoms with Gasteiger partial charge in [-0.15, -0.1) is 0 Å². The normalized spacial score (nSPS) is 25.2. The number of halogens is 1. The number of benzene rings is 2. The molecule has 2 aromatic rings. The molecule has 2 unspecified atom stereocenters. The second-order valence-electron chi connectivity index (χ2n) is 10.8. The van der Waals surface area contributed by atoms with Crippen molar-refractivity contribution in [2.45, 2.75) is 59.8 Å². The van der Waals surface area contributed by atoms with E-state index in [2.05, 4.69) is 38.2 Å². The van der Waals surface area contributed by atoms with Crippen LogP contribution >= 0.6 is 11.6 Å². The molecule has 2 atom stereocenters. The first-order valence-corrected chi connectivity index (χ1v) is 12.3. The number of rotatable bonds is 6. The Labute approximate surface area is 215 Å². The van der Waals surface area contributed by atoms with Crippen molar-refractivity contribution in [1.29, 1.82) is 0 Å². The van der Waals surface area contributed by atoms with Crippen LogP contribution in [0.3, 0.4) is 0 Å². The maximum atomic E-state index is 13.7. The van der Waals surface area contributed by atoms with E-state index in [1.807, 2.05) is 31.2 Å². The molecule has 2 aliphatic carbocycles. The summed E-state index contributed by atoms with van der Waals surface area (Å²) in [5.41, 5.74) is 0.574. The zero-order chi connectivity index (χ0) is 26.5.